The van der Waals surface area contributed by atoms with Crippen molar-refractivity contribution in [1.29, 1.82) is 0 Å². The maximum absolute atomic E-state index is 11.4. The number of hydrogen-bond donors (Lipinski definition) is 1. The summed E-state index contributed by atoms with van der Waals surface area (Å²) in [6.45, 7) is 0.554. The Labute approximate surface area is 162 Å². The first kappa shape index (κ1) is 17.6. The summed E-state index contributed by atoms with van der Waals surface area (Å²) in [5, 5.41) is 15.5. The van der Waals surface area contributed by atoms with Crippen molar-refractivity contribution in [3.05, 3.63) is 94.7 Å². The van der Waals surface area contributed by atoms with Crippen LogP contribution in [-0.4, -0.2) is 21.4 Å². The summed E-state index contributed by atoms with van der Waals surface area (Å²) in [5.41, 5.74) is 3.56. The van der Waals surface area contributed by atoms with E-state index in [1.54, 1.807) is 12.3 Å². The highest BCUT2D eigenvalue weighted by atomic mass is 16.6. The summed E-state index contributed by atoms with van der Waals surface area (Å²) in [7, 11) is 0. The van der Waals surface area contributed by atoms with E-state index < -0.39 is 4.92 Å². The predicted molar refractivity (Wildman–Crippen MR) is 110 cm³/mol. The first-order valence-electron chi connectivity index (χ1n) is 9.00. The van der Waals surface area contributed by atoms with Gasteiger partial charge in [0.25, 0.3) is 0 Å². The molecule has 0 saturated carbocycles. The monoisotopic (exact) mass is 370 g/mol. The molecule has 2 heterocycles. The van der Waals surface area contributed by atoms with Crippen LogP contribution in [-0.2, 0) is 6.42 Å². The molecule has 2 aromatic heterocycles. The van der Waals surface area contributed by atoms with Gasteiger partial charge in [-0.05, 0) is 30.2 Å². The number of fused-ring (bicyclic) bond motifs is 1. The maximum atomic E-state index is 11.4. The third-order valence-electron chi connectivity index (χ3n) is 4.54. The Bertz CT molecular complexity index is 1120. The van der Waals surface area contributed by atoms with Crippen molar-refractivity contribution in [2.24, 2.45) is 0 Å². The van der Waals surface area contributed by atoms with Crippen LogP contribution in [0.15, 0.2) is 79.0 Å². The smallest absolute Gasteiger partial charge is 0.311 e. The normalized spacial score (nSPS) is 10.7. The standard InChI is InChI=1S/C22H18N4O2/c27-26(28)21-12-11-20(18-8-4-10-19-17(18)9-5-14-23-19)25-22(21)24-15-13-16-6-2-1-3-7-16/h1-12,14H,13,15H2,(H,24,25). The molecule has 0 aliphatic rings. The molecule has 1 N–H and O–H groups in total. The van der Waals surface area contributed by atoms with E-state index in [-0.39, 0.29) is 11.5 Å². The zero-order valence-electron chi connectivity index (χ0n) is 15.1. The number of anilines is 1. The maximum Gasteiger partial charge on any atom is 0.311 e. The summed E-state index contributed by atoms with van der Waals surface area (Å²) in [6.07, 6.45) is 2.49. The summed E-state index contributed by atoms with van der Waals surface area (Å²) in [5.74, 6) is 0.277. The third-order valence-corrected chi connectivity index (χ3v) is 4.54. The van der Waals surface area contributed by atoms with Gasteiger partial charge in [-0.3, -0.25) is 15.1 Å². The molecule has 0 fully saturated rings. The Kier molecular flexibility index (Phi) is 4.93. The predicted octanol–water partition coefficient (Wildman–Crippen LogP) is 4.86. The molecule has 0 aliphatic carbocycles. The second-order valence-electron chi connectivity index (χ2n) is 6.36. The van der Waals surface area contributed by atoms with Crippen molar-refractivity contribution in [1.82, 2.24) is 9.97 Å². The Balaban J connectivity index is 1.66. The average Bonchev–Trinajstić information content (AvgIpc) is 2.74. The minimum absolute atomic E-state index is 0.0322. The molecule has 0 bridgehead atoms. The van der Waals surface area contributed by atoms with E-state index in [0.29, 0.717) is 12.2 Å². The van der Waals surface area contributed by atoms with Crippen molar-refractivity contribution in [2.75, 3.05) is 11.9 Å². The summed E-state index contributed by atoms with van der Waals surface area (Å²) in [6, 6.07) is 22.8. The van der Waals surface area contributed by atoms with Gasteiger partial charge in [0.05, 0.1) is 16.1 Å². The largest absolute Gasteiger partial charge is 0.364 e. The molecule has 4 aromatic rings. The number of pyridine rings is 2. The molecule has 0 radical (unpaired) electrons. The van der Waals surface area contributed by atoms with E-state index in [4.69, 9.17) is 0 Å². The van der Waals surface area contributed by atoms with Gasteiger partial charge in [-0.1, -0.05) is 48.5 Å². The van der Waals surface area contributed by atoms with E-state index in [1.165, 1.54) is 6.07 Å². The van der Waals surface area contributed by atoms with Crippen LogP contribution in [0.4, 0.5) is 11.5 Å². The van der Waals surface area contributed by atoms with E-state index in [1.807, 2.05) is 60.7 Å². The van der Waals surface area contributed by atoms with Crippen LogP contribution in [0.3, 0.4) is 0 Å². The first-order chi connectivity index (χ1) is 13.7. The van der Waals surface area contributed by atoms with E-state index in [2.05, 4.69) is 15.3 Å². The van der Waals surface area contributed by atoms with Crippen LogP contribution in [0.2, 0.25) is 0 Å². The lowest BCUT2D eigenvalue weighted by atomic mass is 10.0. The van der Waals surface area contributed by atoms with Crippen molar-refractivity contribution in [3.63, 3.8) is 0 Å². The second-order valence-corrected chi connectivity index (χ2v) is 6.36. The lowest BCUT2D eigenvalue weighted by molar-refractivity contribution is -0.384. The van der Waals surface area contributed by atoms with Crippen molar-refractivity contribution in [3.8, 4) is 11.3 Å². The average molecular weight is 370 g/mol. The number of benzene rings is 2. The molecular weight excluding hydrogens is 352 g/mol. The molecule has 0 unspecified atom stereocenters. The molecular formula is C22H18N4O2. The summed E-state index contributed by atoms with van der Waals surface area (Å²) >= 11 is 0. The SMILES string of the molecule is O=[N+]([O-])c1ccc(-c2cccc3ncccc23)nc1NCCc1ccccc1. The lowest BCUT2D eigenvalue weighted by Crippen LogP contribution is -2.09. The molecule has 6 heteroatoms. The van der Waals surface area contributed by atoms with Crippen LogP contribution in [0.1, 0.15) is 5.56 Å². The van der Waals surface area contributed by atoms with Gasteiger partial charge in [0.1, 0.15) is 0 Å². The number of aromatic nitrogens is 2. The van der Waals surface area contributed by atoms with Gasteiger partial charge >= 0.3 is 5.69 Å². The molecule has 0 saturated heterocycles. The first-order valence-corrected chi connectivity index (χ1v) is 9.00. The van der Waals surface area contributed by atoms with Gasteiger partial charge < -0.3 is 5.32 Å². The van der Waals surface area contributed by atoms with E-state index in [0.717, 1.165) is 28.5 Å². The van der Waals surface area contributed by atoms with Crippen molar-refractivity contribution >= 4 is 22.4 Å². The highest BCUT2D eigenvalue weighted by Gasteiger charge is 2.17. The molecule has 138 valence electrons. The van der Waals surface area contributed by atoms with Crippen LogP contribution in [0.5, 0.6) is 0 Å². The molecule has 2 aromatic carbocycles. The van der Waals surface area contributed by atoms with Crippen molar-refractivity contribution in [2.45, 2.75) is 6.42 Å². The molecule has 0 amide bonds. The zero-order chi connectivity index (χ0) is 19.3. The van der Waals surface area contributed by atoms with Crippen LogP contribution >= 0.6 is 0 Å². The minimum atomic E-state index is -0.410. The van der Waals surface area contributed by atoms with Crippen LogP contribution < -0.4 is 5.32 Å². The van der Waals surface area contributed by atoms with Gasteiger partial charge in [-0.15, -0.1) is 0 Å². The number of nitrogens with zero attached hydrogens (tertiary/aromatic N) is 3. The Morgan fingerprint density at radius 3 is 2.61 bits per heavy atom. The fraction of sp³-hybridized carbons (Fsp3) is 0.0909. The highest BCUT2D eigenvalue weighted by molar-refractivity contribution is 5.93. The molecule has 6 nitrogen and oxygen atoms in total. The Morgan fingerprint density at radius 1 is 0.929 bits per heavy atom. The van der Waals surface area contributed by atoms with E-state index >= 15 is 0 Å². The highest BCUT2D eigenvalue weighted by Crippen LogP contribution is 2.30. The number of nitrogens with one attached hydrogen (secondary N) is 1. The van der Waals surface area contributed by atoms with Gasteiger partial charge in [-0.25, -0.2) is 4.98 Å². The van der Waals surface area contributed by atoms with Gasteiger partial charge in [0, 0.05) is 29.8 Å². The van der Waals surface area contributed by atoms with E-state index in [9.17, 15) is 10.1 Å². The number of hydrogen-bond acceptors (Lipinski definition) is 5. The topological polar surface area (TPSA) is 81.0 Å². The second kappa shape index (κ2) is 7.84. The molecule has 28 heavy (non-hydrogen) atoms. The lowest BCUT2D eigenvalue weighted by Gasteiger charge is -2.10. The van der Waals surface area contributed by atoms with Crippen molar-refractivity contribution < 1.29 is 4.92 Å². The van der Waals surface area contributed by atoms with Gasteiger partial charge in [-0.2, -0.15) is 0 Å². The molecule has 4 rings (SSSR count). The zero-order valence-corrected chi connectivity index (χ0v) is 15.1. The van der Waals surface area contributed by atoms with Crippen LogP contribution in [0.25, 0.3) is 22.2 Å². The fourth-order valence-corrected chi connectivity index (χ4v) is 3.18. The quantitative estimate of drug-likeness (QED) is 0.387. The fourth-order valence-electron chi connectivity index (χ4n) is 3.18. The third kappa shape index (κ3) is 3.66. The minimum Gasteiger partial charge on any atom is -0.364 e. The Hall–Kier alpha value is -3.80. The van der Waals surface area contributed by atoms with Crippen LogP contribution in [0, 0.1) is 10.1 Å². The molecule has 0 aliphatic heterocycles. The summed E-state index contributed by atoms with van der Waals surface area (Å²) < 4.78 is 0. The summed E-state index contributed by atoms with van der Waals surface area (Å²) in [4.78, 5) is 20.0. The van der Waals surface area contributed by atoms with Gasteiger partial charge in [0.15, 0.2) is 0 Å². The number of nitro groups is 1. The Morgan fingerprint density at radius 2 is 1.79 bits per heavy atom. The van der Waals surface area contributed by atoms with Gasteiger partial charge in [0.2, 0.25) is 5.82 Å². The number of rotatable bonds is 6. The molecule has 0 spiro atoms. The molecule has 0 atom stereocenters.